The number of fused-ring (bicyclic) bond motifs is 2. The maximum atomic E-state index is 11.9. The largest absolute Gasteiger partial charge is 0.507 e. The summed E-state index contributed by atoms with van der Waals surface area (Å²) in [5.74, 6) is -0.0672. The molecule has 144 valence electrons. The van der Waals surface area contributed by atoms with Crippen LogP contribution in [-0.2, 0) is 9.53 Å². The summed E-state index contributed by atoms with van der Waals surface area (Å²) < 4.78 is 6.38. The highest BCUT2D eigenvalue weighted by atomic mass is 16.5. The molecule has 3 atom stereocenters. The number of aliphatic carboxylic acids is 1. The van der Waals surface area contributed by atoms with E-state index in [1.165, 1.54) is 5.57 Å². The van der Waals surface area contributed by atoms with Crippen LogP contribution in [0.25, 0.3) is 0 Å². The zero-order chi connectivity index (χ0) is 19.1. The van der Waals surface area contributed by atoms with E-state index in [9.17, 15) is 15.0 Å². The highest BCUT2D eigenvalue weighted by molar-refractivity contribution is 5.89. The van der Waals surface area contributed by atoms with Crippen molar-refractivity contribution in [2.45, 2.75) is 78.2 Å². The van der Waals surface area contributed by atoms with Crippen molar-refractivity contribution >= 4 is 5.97 Å². The van der Waals surface area contributed by atoms with Crippen LogP contribution in [0.5, 0.6) is 0 Å². The molecule has 4 nitrogen and oxygen atoms in total. The van der Waals surface area contributed by atoms with Crippen molar-refractivity contribution in [2.75, 3.05) is 0 Å². The summed E-state index contributed by atoms with van der Waals surface area (Å²) in [5.41, 5.74) is 1.94. The van der Waals surface area contributed by atoms with E-state index in [4.69, 9.17) is 4.74 Å². The van der Waals surface area contributed by atoms with E-state index < -0.39 is 5.97 Å². The molecule has 0 saturated carbocycles. The van der Waals surface area contributed by atoms with Crippen LogP contribution < -0.4 is 0 Å². The Morgan fingerprint density at radius 3 is 2.73 bits per heavy atom. The topological polar surface area (TPSA) is 66.8 Å². The van der Waals surface area contributed by atoms with E-state index in [-0.39, 0.29) is 34.7 Å². The van der Waals surface area contributed by atoms with Crippen LogP contribution >= 0.6 is 0 Å². The lowest BCUT2D eigenvalue weighted by Gasteiger charge is -2.49. The fourth-order valence-corrected chi connectivity index (χ4v) is 5.04. The number of carboxylic acid groups (broad SMARTS) is 1. The van der Waals surface area contributed by atoms with Crippen molar-refractivity contribution in [2.24, 2.45) is 17.8 Å². The van der Waals surface area contributed by atoms with Crippen molar-refractivity contribution in [1.82, 2.24) is 0 Å². The molecule has 2 N–H and O–H groups in total. The first-order chi connectivity index (χ1) is 12.3. The van der Waals surface area contributed by atoms with Crippen LogP contribution in [0.15, 0.2) is 34.3 Å². The molecule has 1 aliphatic heterocycles. The Labute approximate surface area is 156 Å². The highest BCUT2D eigenvalue weighted by Gasteiger charge is 2.49. The number of unbranched alkanes of at least 4 members (excludes halogenated alkanes) is 2. The molecule has 2 aliphatic carbocycles. The van der Waals surface area contributed by atoms with Gasteiger partial charge in [-0.2, -0.15) is 0 Å². The van der Waals surface area contributed by atoms with Crippen molar-refractivity contribution in [1.29, 1.82) is 0 Å². The highest BCUT2D eigenvalue weighted by Crippen LogP contribution is 2.52. The molecule has 1 heterocycles. The molecule has 0 aromatic heterocycles. The lowest BCUT2D eigenvalue weighted by molar-refractivity contribution is -0.133. The van der Waals surface area contributed by atoms with Gasteiger partial charge in [0.1, 0.15) is 17.1 Å². The third kappa shape index (κ3) is 3.30. The van der Waals surface area contributed by atoms with E-state index in [0.717, 1.165) is 49.9 Å². The minimum atomic E-state index is -0.992. The Bertz CT molecular complexity index is 680. The Balaban J connectivity index is 2.03. The second kappa shape index (κ2) is 7.13. The van der Waals surface area contributed by atoms with Crippen LogP contribution in [0.3, 0.4) is 0 Å². The number of carboxylic acids is 1. The fourth-order valence-electron chi connectivity index (χ4n) is 5.04. The smallest absolute Gasteiger partial charge is 0.335 e. The summed E-state index contributed by atoms with van der Waals surface area (Å²) in [6.45, 7) is 8.51. The van der Waals surface area contributed by atoms with Gasteiger partial charge in [0.25, 0.3) is 0 Å². The van der Waals surface area contributed by atoms with E-state index in [2.05, 4.69) is 33.8 Å². The van der Waals surface area contributed by atoms with E-state index in [0.29, 0.717) is 6.42 Å². The van der Waals surface area contributed by atoms with Crippen molar-refractivity contribution in [3.63, 3.8) is 0 Å². The lowest BCUT2D eigenvalue weighted by Crippen LogP contribution is -2.46. The van der Waals surface area contributed by atoms with Gasteiger partial charge in [0, 0.05) is 29.7 Å². The number of rotatable bonds is 5. The van der Waals surface area contributed by atoms with Gasteiger partial charge >= 0.3 is 5.97 Å². The maximum absolute atomic E-state index is 11.9. The predicted octanol–water partition coefficient (Wildman–Crippen LogP) is 5.52. The number of hydrogen-bond donors (Lipinski definition) is 2. The molecule has 0 aromatic carbocycles. The molecular formula is C22H32O4. The molecule has 3 unspecified atom stereocenters. The van der Waals surface area contributed by atoms with Gasteiger partial charge in [0.2, 0.25) is 0 Å². The number of aliphatic hydroxyl groups excluding tert-OH is 1. The third-order valence-corrected chi connectivity index (χ3v) is 6.40. The van der Waals surface area contributed by atoms with Crippen molar-refractivity contribution in [3.05, 3.63) is 34.3 Å². The summed E-state index contributed by atoms with van der Waals surface area (Å²) in [6, 6.07) is 0. The molecule has 3 rings (SSSR count). The first-order valence-electron chi connectivity index (χ1n) is 10.0. The molecule has 0 saturated heterocycles. The summed E-state index contributed by atoms with van der Waals surface area (Å²) in [5, 5.41) is 20.8. The fraction of sp³-hybridized carbons (Fsp3) is 0.682. The molecule has 4 heteroatoms. The SMILES string of the molecule is CCCCCC1CC2=C(C(O)=C1C(=O)O)C1C=C(C)CCC1C(C)(C)O2. The average Bonchev–Trinajstić information content (AvgIpc) is 2.53. The quantitative estimate of drug-likeness (QED) is 0.500. The summed E-state index contributed by atoms with van der Waals surface area (Å²) >= 11 is 0. The van der Waals surface area contributed by atoms with Gasteiger partial charge in [-0.15, -0.1) is 0 Å². The molecule has 3 aliphatic rings. The molecular weight excluding hydrogens is 328 g/mol. The molecule has 0 bridgehead atoms. The standard InChI is InChI=1S/C22H32O4/c1-5-6-7-8-14-12-17-19(20(23)18(14)21(24)25)15-11-13(2)9-10-16(15)22(3,4)26-17/h11,14-16,23H,5-10,12H2,1-4H3,(H,24,25). The van der Waals surface area contributed by atoms with Gasteiger partial charge in [-0.25, -0.2) is 4.79 Å². The number of aliphatic hydroxyl groups is 1. The third-order valence-electron chi connectivity index (χ3n) is 6.40. The molecule has 0 radical (unpaired) electrons. The normalized spacial score (nSPS) is 30.3. The molecule has 26 heavy (non-hydrogen) atoms. The zero-order valence-electron chi connectivity index (χ0n) is 16.5. The first kappa shape index (κ1) is 19.1. The summed E-state index contributed by atoms with van der Waals surface area (Å²) in [7, 11) is 0. The average molecular weight is 360 g/mol. The van der Waals surface area contributed by atoms with Gasteiger partial charge in [0.15, 0.2) is 0 Å². The predicted molar refractivity (Wildman–Crippen MR) is 102 cm³/mol. The number of hydrogen-bond acceptors (Lipinski definition) is 3. The van der Waals surface area contributed by atoms with Gasteiger partial charge in [-0.3, -0.25) is 0 Å². The monoisotopic (exact) mass is 360 g/mol. The van der Waals surface area contributed by atoms with Crippen LogP contribution in [0, 0.1) is 17.8 Å². The minimum Gasteiger partial charge on any atom is -0.507 e. The summed E-state index contributed by atoms with van der Waals surface area (Å²) in [4.78, 5) is 11.9. The first-order valence-corrected chi connectivity index (χ1v) is 10.0. The van der Waals surface area contributed by atoms with Crippen LogP contribution in [0.4, 0.5) is 0 Å². The second-order valence-corrected chi connectivity index (χ2v) is 8.69. The van der Waals surface area contributed by atoms with E-state index >= 15 is 0 Å². The van der Waals surface area contributed by atoms with Gasteiger partial charge in [0.05, 0.1) is 5.57 Å². The number of allylic oxidation sites excluding steroid dienone is 4. The minimum absolute atomic E-state index is 0.0308. The Morgan fingerprint density at radius 2 is 2.08 bits per heavy atom. The van der Waals surface area contributed by atoms with Crippen molar-refractivity contribution < 1.29 is 19.7 Å². The van der Waals surface area contributed by atoms with Crippen LogP contribution in [0.1, 0.15) is 72.6 Å². The zero-order valence-corrected chi connectivity index (χ0v) is 16.5. The van der Waals surface area contributed by atoms with Crippen LogP contribution in [-0.4, -0.2) is 21.8 Å². The van der Waals surface area contributed by atoms with Crippen LogP contribution in [0.2, 0.25) is 0 Å². The summed E-state index contributed by atoms with van der Waals surface area (Å²) in [6.07, 6.45) is 8.78. The van der Waals surface area contributed by atoms with Crippen molar-refractivity contribution in [3.8, 4) is 0 Å². The van der Waals surface area contributed by atoms with E-state index in [1.54, 1.807) is 0 Å². The Kier molecular flexibility index (Phi) is 5.23. The molecule has 0 amide bonds. The van der Waals surface area contributed by atoms with E-state index in [1.807, 2.05) is 0 Å². The Hall–Kier alpha value is -1.71. The molecule has 0 fully saturated rings. The van der Waals surface area contributed by atoms with Gasteiger partial charge in [-0.1, -0.05) is 37.8 Å². The van der Waals surface area contributed by atoms with Gasteiger partial charge < -0.3 is 14.9 Å². The molecule has 0 aromatic rings. The van der Waals surface area contributed by atoms with Gasteiger partial charge in [-0.05, 0) is 40.0 Å². The maximum Gasteiger partial charge on any atom is 0.335 e. The molecule has 0 spiro atoms. The number of carbonyl (C=O) groups is 1. The Morgan fingerprint density at radius 1 is 1.35 bits per heavy atom. The number of ether oxygens (including phenoxy) is 1. The lowest BCUT2D eigenvalue weighted by atomic mass is 9.65. The second-order valence-electron chi connectivity index (χ2n) is 8.69.